The lowest BCUT2D eigenvalue weighted by atomic mass is 10.2. The number of benzene rings is 1. The van der Waals surface area contributed by atoms with Crippen molar-refractivity contribution in [3.63, 3.8) is 0 Å². The monoisotopic (exact) mass is 330 g/mol. The second-order valence-electron chi connectivity index (χ2n) is 4.28. The first-order valence-corrected chi connectivity index (χ1v) is 6.89. The molecule has 3 aromatic rings. The van der Waals surface area contributed by atoms with Crippen LogP contribution < -0.4 is 5.56 Å². The van der Waals surface area contributed by atoms with Gasteiger partial charge < -0.3 is 4.42 Å². The molecule has 2 heterocycles. The summed E-state index contributed by atoms with van der Waals surface area (Å²) in [6.45, 7) is 0.412. The van der Waals surface area contributed by atoms with E-state index in [0.717, 1.165) is 10.0 Å². The minimum atomic E-state index is -0.143. The molecule has 20 heavy (non-hydrogen) atoms. The summed E-state index contributed by atoms with van der Waals surface area (Å²) in [6.07, 6.45) is 1.58. The van der Waals surface area contributed by atoms with Gasteiger partial charge in [0, 0.05) is 10.5 Å². The molecular weight excluding hydrogens is 320 g/mol. The first kappa shape index (κ1) is 12.9. The SMILES string of the molecule is O=c1ccc(-c2ccco2)nn1Cc1ccccc1Br. The molecule has 0 aliphatic rings. The fraction of sp³-hybridized carbons (Fsp3) is 0.0667. The van der Waals surface area contributed by atoms with Crippen molar-refractivity contribution in [2.75, 3.05) is 0 Å². The van der Waals surface area contributed by atoms with Crippen molar-refractivity contribution in [2.45, 2.75) is 6.54 Å². The Kier molecular flexibility index (Phi) is 3.52. The molecule has 0 radical (unpaired) electrons. The molecule has 0 unspecified atom stereocenters. The minimum Gasteiger partial charge on any atom is -0.463 e. The highest BCUT2D eigenvalue weighted by molar-refractivity contribution is 9.10. The third-order valence-electron chi connectivity index (χ3n) is 2.92. The van der Waals surface area contributed by atoms with Crippen LogP contribution in [0.3, 0.4) is 0 Å². The zero-order valence-electron chi connectivity index (χ0n) is 10.5. The number of furan rings is 1. The molecule has 0 aliphatic carbocycles. The molecule has 0 fully saturated rings. The van der Waals surface area contributed by atoms with E-state index in [0.29, 0.717) is 18.0 Å². The van der Waals surface area contributed by atoms with E-state index >= 15 is 0 Å². The quantitative estimate of drug-likeness (QED) is 0.740. The molecule has 3 rings (SSSR count). The highest BCUT2D eigenvalue weighted by Gasteiger charge is 2.07. The van der Waals surface area contributed by atoms with Crippen LogP contribution in [0.2, 0.25) is 0 Å². The third-order valence-corrected chi connectivity index (χ3v) is 3.69. The second kappa shape index (κ2) is 5.46. The van der Waals surface area contributed by atoms with Gasteiger partial charge in [-0.1, -0.05) is 34.1 Å². The van der Waals surface area contributed by atoms with Gasteiger partial charge in [0.05, 0.1) is 12.8 Å². The van der Waals surface area contributed by atoms with E-state index in [9.17, 15) is 4.79 Å². The Morgan fingerprint density at radius 3 is 2.70 bits per heavy atom. The summed E-state index contributed by atoms with van der Waals surface area (Å²) in [7, 11) is 0. The molecule has 0 saturated carbocycles. The van der Waals surface area contributed by atoms with Crippen LogP contribution >= 0.6 is 15.9 Å². The fourth-order valence-electron chi connectivity index (χ4n) is 1.91. The van der Waals surface area contributed by atoms with Gasteiger partial charge in [-0.3, -0.25) is 4.79 Å². The van der Waals surface area contributed by atoms with Crippen LogP contribution in [0.15, 0.2) is 68.5 Å². The summed E-state index contributed by atoms with van der Waals surface area (Å²) in [5.41, 5.74) is 1.50. The maximum Gasteiger partial charge on any atom is 0.267 e. The Labute approximate surface area is 123 Å². The Morgan fingerprint density at radius 1 is 1.10 bits per heavy atom. The van der Waals surface area contributed by atoms with Crippen LogP contribution in [0.4, 0.5) is 0 Å². The van der Waals surface area contributed by atoms with E-state index in [1.165, 1.54) is 10.7 Å². The van der Waals surface area contributed by atoms with Gasteiger partial charge in [0.2, 0.25) is 0 Å². The van der Waals surface area contributed by atoms with Crippen LogP contribution in [0.1, 0.15) is 5.56 Å². The van der Waals surface area contributed by atoms with Gasteiger partial charge in [0.15, 0.2) is 5.76 Å². The maximum atomic E-state index is 11.9. The number of aromatic nitrogens is 2. The lowest BCUT2D eigenvalue weighted by Gasteiger charge is -2.07. The molecule has 1 aromatic carbocycles. The summed E-state index contributed by atoms with van der Waals surface area (Å²) in [5, 5.41) is 4.34. The van der Waals surface area contributed by atoms with E-state index in [-0.39, 0.29) is 5.56 Å². The highest BCUT2D eigenvalue weighted by atomic mass is 79.9. The Bertz CT molecular complexity index is 779. The van der Waals surface area contributed by atoms with Crippen LogP contribution in [-0.2, 0) is 6.54 Å². The molecule has 0 saturated heterocycles. The molecule has 2 aromatic heterocycles. The molecule has 100 valence electrons. The summed E-state index contributed by atoms with van der Waals surface area (Å²) >= 11 is 3.47. The van der Waals surface area contributed by atoms with Crippen molar-refractivity contribution in [3.05, 3.63) is 75.2 Å². The van der Waals surface area contributed by atoms with Crippen molar-refractivity contribution in [1.82, 2.24) is 9.78 Å². The summed E-state index contributed by atoms with van der Waals surface area (Å²) in [5.74, 6) is 0.644. The van der Waals surface area contributed by atoms with Crippen molar-refractivity contribution in [1.29, 1.82) is 0 Å². The van der Waals surface area contributed by atoms with Gasteiger partial charge in [0.25, 0.3) is 5.56 Å². The molecular formula is C15H11BrN2O2. The molecule has 0 amide bonds. The van der Waals surface area contributed by atoms with E-state index in [1.807, 2.05) is 30.3 Å². The molecule has 5 heteroatoms. The predicted molar refractivity (Wildman–Crippen MR) is 79.4 cm³/mol. The van der Waals surface area contributed by atoms with Crippen molar-refractivity contribution in [3.8, 4) is 11.5 Å². The largest absolute Gasteiger partial charge is 0.463 e. The highest BCUT2D eigenvalue weighted by Crippen LogP contribution is 2.18. The number of rotatable bonds is 3. The summed E-state index contributed by atoms with van der Waals surface area (Å²) < 4.78 is 7.69. The number of halogens is 1. The topological polar surface area (TPSA) is 48.0 Å². The molecule has 0 bridgehead atoms. The summed E-state index contributed by atoms with van der Waals surface area (Å²) in [6, 6.07) is 14.5. The third kappa shape index (κ3) is 2.58. The Balaban J connectivity index is 2.00. The summed E-state index contributed by atoms with van der Waals surface area (Å²) in [4.78, 5) is 11.9. The van der Waals surface area contributed by atoms with Crippen LogP contribution in [0.25, 0.3) is 11.5 Å². The van der Waals surface area contributed by atoms with Gasteiger partial charge in [0.1, 0.15) is 5.69 Å². The van der Waals surface area contributed by atoms with E-state index < -0.39 is 0 Å². The van der Waals surface area contributed by atoms with Gasteiger partial charge in [-0.25, -0.2) is 4.68 Å². The second-order valence-corrected chi connectivity index (χ2v) is 5.14. The number of hydrogen-bond acceptors (Lipinski definition) is 3. The lowest BCUT2D eigenvalue weighted by molar-refractivity contribution is 0.569. The minimum absolute atomic E-state index is 0.143. The number of nitrogens with zero attached hydrogens (tertiary/aromatic N) is 2. The van der Waals surface area contributed by atoms with Crippen molar-refractivity contribution >= 4 is 15.9 Å². The zero-order valence-corrected chi connectivity index (χ0v) is 12.1. The predicted octanol–water partition coefficient (Wildman–Crippen LogP) is 3.31. The molecule has 4 nitrogen and oxygen atoms in total. The first-order valence-electron chi connectivity index (χ1n) is 6.09. The average molecular weight is 331 g/mol. The Morgan fingerprint density at radius 2 is 1.95 bits per heavy atom. The molecule has 0 N–H and O–H groups in total. The Hall–Kier alpha value is -2.14. The van der Waals surface area contributed by atoms with Crippen LogP contribution in [-0.4, -0.2) is 9.78 Å². The van der Waals surface area contributed by atoms with Crippen LogP contribution in [0, 0.1) is 0 Å². The van der Waals surface area contributed by atoms with Crippen molar-refractivity contribution < 1.29 is 4.42 Å². The molecule has 0 atom stereocenters. The average Bonchev–Trinajstić information content (AvgIpc) is 2.98. The molecule has 0 spiro atoms. The molecule has 0 aliphatic heterocycles. The van der Waals surface area contributed by atoms with Crippen LogP contribution in [0.5, 0.6) is 0 Å². The first-order chi connectivity index (χ1) is 9.74. The number of hydrogen-bond donors (Lipinski definition) is 0. The zero-order chi connectivity index (χ0) is 13.9. The van der Waals surface area contributed by atoms with Crippen molar-refractivity contribution in [2.24, 2.45) is 0 Å². The fourth-order valence-corrected chi connectivity index (χ4v) is 2.32. The maximum absolute atomic E-state index is 11.9. The van der Waals surface area contributed by atoms with E-state index in [2.05, 4.69) is 21.0 Å². The van der Waals surface area contributed by atoms with E-state index in [1.54, 1.807) is 18.4 Å². The smallest absolute Gasteiger partial charge is 0.267 e. The standard InChI is InChI=1S/C15H11BrN2O2/c16-12-5-2-1-4-11(12)10-18-15(19)8-7-13(17-18)14-6-3-9-20-14/h1-9H,10H2. The van der Waals surface area contributed by atoms with Gasteiger partial charge >= 0.3 is 0 Å². The van der Waals surface area contributed by atoms with Gasteiger partial charge in [-0.15, -0.1) is 0 Å². The lowest BCUT2D eigenvalue weighted by Crippen LogP contribution is -2.22. The van der Waals surface area contributed by atoms with Gasteiger partial charge in [-0.05, 0) is 29.8 Å². The van der Waals surface area contributed by atoms with Gasteiger partial charge in [-0.2, -0.15) is 5.10 Å². The normalized spacial score (nSPS) is 10.7. The van der Waals surface area contributed by atoms with E-state index in [4.69, 9.17) is 4.42 Å².